The molecule has 0 N–H and O–H groups in total. The zero-order valence-corrected chi connectivity index (χ0v) is 19.7. The van der Waals surface area contributed by atoms with Gasteiger partial charge in [-0.25, -0.2) is 4.79 Å². The number of hydrogen-bond donors (Lipinski definition) is 0. The number of carbonyl (C=O) groups is 3. The SMILES string of the molecule is COc1ccccc1C(=O)Oc1ccc(N2C(=O)[C@@H]3[C@H]4C[C@H]([C@H](Br)[C@@H]4Br)[C@@H]3C2=O)cc1. The smallest absolute Gasteiger partial charge is 0.347 e. The molecule has 0 radical (unpaired) electrons. The minimum Gasteiger partial charge on any atom is -0.496 e. The molecule has 3 fully saturated rings. The molecule has 2 amide bonds. The second kappa shape index (κ2) is 7.74. The van der Waals surface area contributed by atoms with E-state index in [0.717, 1.165) is 6.42 Å². The van der Waals surface area contributed by atoms with Crippen molar-refractivity contribution in [1.29, 1.82) is 0 Å². The number of amides is 2. The van der Waals surface area contributed by atoms with Crippen molar-refractivity contribution in [3.05, 3.63) is 54.1 Å². The molecule has 2 aliphatic carbocycles. The van der Waals surface area contributed by atoms with Crippen molar-refractivity contribution >= 4 is 55.3 Å². The van der Waals surface area contributed by atoms with Gasteiger partial charge in [-0.3, -0.25) is 14.5 Å². The van der Waals surface area contributed by atoms with Gasteiger partial charge < -0.3 is 9.47 Å². The fourth-order valence-corrected chi connectivity index (χ4v) is 7.12. The molecule has 0 unspecified atom stereocenters. The van der Waals surface area contributed by atoms with Gasteiger partial charge in [0.15, 0.2) is 0 Å². The van der Waals surface area contributed by atoms with Crippen LogP contribution in [-0.4, -0.2) is 34.5 Å². The molecule has 2 saturated carbocycles. The van der Waals surface area contributed by atoms with Gasteiger partial charge in [-0.05, 0) is 54.7 Å². The summed E-state index contributed by atoms with van der Waals surface area (Å²) in [5.74, 6) is -0.262. The Balaban J connectivity index is 1.35. The van der Waals surface area contributed by atoms with Crippen molar-refractivity contribution in [1.82, 2.24) is 0 Å². The van der Waals surface area contributed by atoms with Crippen LogP contribution in [0.3, 0.4) is 0 Å². The van der Waals surface area contributed by atoms with Gasteiger partial charge in [0.25, 0.3) is 0 Å². The summed E-state index contributed by atoms with van der Waals surface area (Å²) in [6, 6.07) is 13.3. The van der Waals surface area contributed by atoms with E-state index < -0.39 is 5.97 Å². The lowest BCUT2D eigenvalue weighted by Crippen LogP contribution is -2.37. The third-order valence-corrected chi connectivity index (χ3v) is 9.83. The molecular formula is C23H19Br2NO5. The monoisotopic (exact) mass is 547 g/mol. The minimum absolute atomic E-state index is 0.134. The Morgan fingerprint density at radius 3 is 2.10 bits per heavy atom. The van der Waals surface area contributed by atoms with Gasteiger partial charge in [-0.15, -0.1) is 0 Å². The van der Waals surface area contributed by atoms with Crippen molar-refractivity contribution in [3.63, 3.8) is 0 Å². The Hall–Kier alpha value is -2.19. The molecule has 6 atom stereocenters. The Labute approximate surface area is 196 Å². The highest BCUT2D eigenvalue weighted by molar-refractivity contribution is 9.12. The van der Waals surface area contributed by atoms with Crippen LogP contribution < -0.4 is 14.4 Å². The zero-order chi connectivity index (χ0) is 21.9. The quantitative estimate of drug-likeness (QED) is 0.248. The Kier molecular flexibility index (Phi) is 5.17. The Bertz CT molecular complexity index is 1040. The molecule has 0 aromatic heterocycles. The molecule has 0 spiro atoms. The number of rotatable bonds is 4. The third kappa shape index (κ3) is 3.14. The summed E-state index contributed by atoms with van der Waals surface area (Å²) in [5.41, 5.74) is 0.814. The van der Waals surface area contributed by atoms with E-state index in [2.05, 4.69) is 31.9 Å². The lowest BCUT2D eigenvalue weighted by atomic mass is 9.81. The number of benzene rings is 2. The first-order chi connectivity index (χ1) is 14.9. The van der Waals surface area contributed by atoms with Crippen LogP contribution in [0, 0.1) is 23.7 Å². The van der Waals surface area contributed by atoms with Crippen LogP contribution in [0.15, 0.2) is 48.5 Å². The number of carbonyl (C=O) groups excluding carboxylic acids is 3. The molecule has 160 valence electrons. The lowest BCUT2D eigenvalue weighted by molar-refractivity contribution is -0.123. The Morgan fingerprint density at radius 2 is 1.52 bits per heavy atom. The highest BCUT2D eigenvalue weighted by atomic mass is 79.9. The number of nitrogens with zero attached hydrogens (tertiary/aromatic N) is 1. The number of esters is 1. The van der Waals surface area contributed by atoms with E-state index in [-0.39, 0.29) is 45.1 Å². The maximum absolute atomic E-state index is 13.1. The first-order valence-electron chi connectivity index (χ1n) is 10.0. The normalized spacial score (nSPS) is 31.1. The topological polar surface area (TPSA) is 72.9 Å². The van der Waals surface area contributed by atoms with Crippen LogP contribution in [0.1, 0.15) is 16.8 Å². The maximum atomic E-state index is 13.1. The first kappa shape index (κ1) is 20.7. The molecule has 3 aliphatic rings. The summed E-state index contributed by atoms with van der Waals surface area (Å²) in [4.78, 5) is 40.4. The van der Waals surface area contributed by atoms with Crippen LogP contribution in [0.25, 0.3) is 0 Å². The number of methoxy groups -OCH3 is 1. The molecular weight excluding hydrogens is 530 g/mol. The fraction of sp³-hybridized carbons (Fsp3) is 0.348. The largest absolute Gasteiger partial charge is 0.496 e. The summed E-state index contributed by atoms with van der Waals surface area (Å²) >= 11 is 7.39. The van der Waals surface area contributed by atoms with Gasteiger partial charge >= 0.3 is 5.97 Å². The van der Waals surface area contributed by atoms with E-state index in [4.69, 9.17) is 9.47 Å². The van der Waals surface area contributed by atoms with Gasteiger partial charge in [-0.2, -0.15) is 0 Å². The van der Waals surface area contributed by atoms with Gasteiger partial charge in [0.1, 0.15) is 17.1 Å². The van der Waals surface area contributed by atoms with Crippen molar-refractivity contribution in [2.75, 3.05) is 12.0 Å². The van der Waals surface area contributed by atoms with Crippen LogP contribution in [-0.2, 0) is 9.59 Å². The number of para-hydroxylation sites is 1. The van der Waals surface area contributed by atoms with Gasteiger partial charge in [0.2, 0.25) is 11.8 Å². The molecule has 1 saturated heterocycles. The van der Waals surface area contributed by atoms with Gasteiger partial charge in [-0.1, -0.05) is 44.0 Å². The number of ether oxygens (including phenoxy) is 2. The second-order valence-corrected chi connectivity index (χ2v) is 10.2. The van der Waals surface area contributed by atoms with E-state index in [9.17, 15) is 14.4 Å². The number of imide groups is 1. The highest BCUT2D eigenvalue weighted by Gasteiger charge is 2.66. The van der Waals surface area contributed by atoms with Crippen LogP contribution >= 0.6 is 31.9 Å². The van der Waals surface area contributed by atoms with Crippen LogP contribution in [0.2, 0.25) is 0 Å². The van der Waals surface area contributed by atoms with Crippen LogP contribution in [0.5, 0.6) is 11.5 Å². The lowest BCUT2D eigenvalue weighted by Gasteiger charge is -2.28. The average molecular weight is 549 g/mol. The predicted octanol–water partition coefficient (Wildman–Crippen LogP) is 4.20. The number of hydrogen-bond acceptors (Lipinski definition) is 5. The standard InChI is InChI=1S/C23H19Br2NO5/c1-30-16-5-3-2-4-13(16)23(29)31-12-8-6-11(7-9-12)26-21(27)17-14-10-15(18(17)22(26)28)20(25)19(14)24/h2-9,14-15,17-20H,10H2,1H3/t14-,15+,17-,18+,19-,20+. The molecule has 31 heavy (non-hydrogen) atoms. The van der Waals surface area contributed by atoms with Crippen molar-refractivity contribution in [2.45, 2.75) is 16.1 Å². The van der Waals surface area contributed by atoms with Gasteiger partial charge in [0, 0.05) is 9.65 Å². The first-order valence-corrected chi connectivity index (χ1v) is 11.9. The summed E-state index contributed by atoms with van der Waals surface area (Å²) in [6.45, 7) is 0. The third-order valence-electron chi connectivity index (χ3n) is 6.62. The van der Waals surface area contributed by atoms with E-state index in [1.165, 1.54) is 12.0 Å². The average Bonchev–Trinajstić information content (AvgIpc) is 3.39. The van der Waals surface area contributed by atoms with E-state index in [1.54, 1.807) is 48.5 Å². The molecule has 6 nitrogen and oxygen atoms in total. The zero-order valence-electron chi connectivity index (χ0n) is 16.5. The predicted molar refractivity (Wildman–Crippen MR) is 121 cm³/mol. The van der Waals surface area contributed by atoms with E-state index in [0.29, 0.717) is 22.7 Å². The van der Waals surface area contributed by atoms with E-state index >= 15 is 0 Å². The molecule has 8 heteroatoms. The van der Waals surface area contributed by atoms with E-state index in [1.807, 2.05) is 0 Å². The molecule has 2 bridgehead atoms. The number of fused-ring (bicyclic) bond motifs is 5. The summed E-state index contributed by atoms with van der Waals surface area (Å²) in [6.07, 6.45) is 0.893. The Morgan fingerprint density at radius 1 is 0.935 bits per heavy atom. The minimum atomic E-state index is -0.545. The molecule has 5 rings (SSSR count). The second-order valence-electron chi connectivity index (χ2n) is 8.10. The fourth-order valence-electron chi connectivity index (χ4n) is 5.24. The maximum Gasteiger partial charge on any atom is 0.347 e. The highest BCUT2D eigenvalue weighted by Crippen LogP contribution is 2.60. The summed E-state index contributed by atoms with van der Waals surface area (Å²) in [7, 11) is 1.49. The van der Waals surface area contributed by atoms with Gasteiger partial charge in [0.05, 0.1) is 24.6 Å². The number of anilines is 1. The number of alkyl halides is 2. The molecule has 1 heterocycles. The molecule has 1 aliphatic heterocycles. The molecule has 2 aromatic carbocycles. The van der Waals surface area contributed by atoms with Crippen molar-refractivity contribution in [3.8, 4) is 11.5 Å². The van der Waals surface area contributed by atoms with Crippen molar-refractivity contribution in [2.24, 2.45) is 23.7 Å². The molecule has 2 aromatic rings. The summed E-state index contributed by atoms with van der Waals surface area (Å²) < 4.78 is 10.6. The van der Waals surface area contributed by atoms with Crippen LogP contribution in [0.4, 0.5) is 5.69 Å². The number of halogens is 2. The van der Waals surface area contributed by atoms with Crippen molar-refractivity contribution < 1.29 is 23.9 Å². The summed E-state index contributed by atoms with van der Waals surface area (Å²) in [5, 5.41) is 0.